The first-order valence-electron chi connectivity index (χ1n) is 8.69. The van der Waals surface area contributed by atoms with Crippen molar-refractivity contribution in [1.29, 1.82) is 0 Å². The summed E-state index contributed by atoms with van der Waals surface area (Å²) in [5.41, 5.74) is 1.78. The van der Waals surface area contributed by atoms with E-state index in [-0.39, 0.29) is 6.04 Å². The van der Waals surface area contributed by atoms with Crippen LogP contribution in [0.25, 0.3) is 0 Å². The van der Waals surface area contributed by atoms with Crippen LogP contribution in [0.1, 0.15) is 44.9 Å². The number of nitrogens with zero attached hydrogens (tertiary/aromatic N) is 1. The van der Waals surface area contributed by atoms with Crippen LogP contribution in [0.2, 0.25) is 0 Å². The van der Waals surface area contributed by atoms with Gasteiger partial charge in [-0.1, -0.05) is 25.3 Å². The first kappa shape index (κ1) is 15.8. The minimum absolute atomic E-state index is 0.151. The fraction of sp³-hybridized carbons (Fsp3) is 0.556. The first-order valence-corrected chi connectivity index (χ1v) is 8.69. The van der Waals surface area contributed by atoms with Gasteiger partial charge in [-0.3, -0.25) is 9.59 Å². The number of rotatable bonds is 3. The molecule has 2 N–H and O–H groups in total. The normalized spacial score (nSPS) is 18.7. The Morgan fingerprint density at radius 2 is 1.70 bits per heavy atom. The zero-order chi connectivity index (χ0) is 16.1. The van der Waals surface area contributed by atoms with Crippen LogP contribution in [-0.2, 0) is 9.59 Å². The minimum atomic E-state index is -0.575. The van der Waals surface area contributed by atoms with Crippen molar-refractivity contribution in [2.24, 2.45) is 0 Å². The molecule has 5 nitrogen and oxygen atoms in total. The molecule has 3 rings (SSSR count). The van der Waals surface area contributed by atoms with Crippen LogP contribution in [0, 0.1) is 0 Å². The molecular weight excluding hydrogens is 290 g/mol. The van der Waals surface area contributed by atoms with Crippen LogP contribution < -0.4 is 15.5 Å². The molecule has 1 aliphatic heterocycles. The van der Waals surface area contributed by atoms with Crippen molar-refractivity contribution in [3.05, 3.63) is 24.3 Å². The lowest BCUT2D eigenvalue weighted by atomic mass is 9.95. The molecule has 1 aromatic carbocycles. The summed E-state index contributed by atoms with van der Waals surface area (Å²) in [7, 11) is 0. The van der Waals surface area contributed by atoms with Crippen LogP contribution in [0.15, 0.2) is 24.3 Å². The Morgan fingerprint density at radius 3 is 2.43 bits per heavy atom. The standard InChI is InChI=1S/C18H25N3O2/c22-17(19-14-7-2-1-3-8-14)18(23)20-15-9-6-10-16(13-15)21-11-4-5-12-21/h6,9-10,13-14H,1-5,7-8,11-12H2,(H,19,22)(H,20,23). The average Bonchev–Trinajstić information content (AvgIpc) is 3.10. The second kappa shape index (κ2) is 7.49. The first-order chi connectivity index (χ1) is 11.2. The van der Waals surface area contributed by atoms with E-state index >= 15 is 0 Å². The summed E-state index contributed by atoms with van der Waals surface area (Å²) < 4.78 is 0. The predicted molar refractivity (Wildman–Crippen MR) is 91.5 cm³/mol. The van der Waals surface area contributed by atoms with Gasteiger partial charge in [0, 0.05) is 30.5 Å². The molecule has 1 saturated carbocycles. The maximum absolute atomic E-state index is 12.1. The van der Waals surface area contributed by atoms with E-state index in [1.807, 2.05) is 24.3 Å². The summed E-state index contributed by atoms with van der Waals surface area (Å²) in [5, 5.41) is 5.56. The molecule has 1 saturated heterocycles. The Labute approximate surface area is 137 Å². The second-order valence-electron chi connectivity index (χ2n) is 6.51. The summed E-state index contributed by atoms with van der Waals surface area (Å²) in [6.45, 7) is 2.11. The fourth-order valence-corrected chi connectivity index (χ4v) is 3.44. The summed E-state index contributed by atoms with van der Waals surface area (Å²) in [5.74, 6) is -1.10. The number of carbonyl (C=O) groups is 2. The van der Waals surface area contributed by atoms with Crippen LogP contribution in [0.5, 0.6) is 0 Å². The summed E-state index contributed by atoms with van der Waals surface area (Å²) in [6.07, 6.45) is 7.85. The minimum Gasteiger partial charge on any atom is -0.371 e. The van der Waals surface area contributed by atoms with Crippen LogP contribution in [0.3, 0.4) is 0 Å². The third-order valence-electron chi connectivity index (χ3n) is 4.72. The van der Waals surface area contributed by atoms with Gasteiger partial charge in [0.1, 0.15) is 0 Å². The Bertz CT molecular complexity index is 561. The Balaban J connectivity index is 1.56. The third-order valence-corrected chi connectivity index (χ3v) is 4.72. The Hall–Kier alpha value is -2.04. The molecule has 0 radical (unpaired) electrons. The van der Waals surface area contributed by atoms with Crippen molar-refractivity contribution in [1.82, 2.24) is 5.32 Å². The quantitative estimate of drug-likeness (QED) is 0.843. The zero-order valence-electron chi connectivity index (χ0n) is 13.5. The highest BCUT2D eigenvalue weighted by molar-refractivity contribution is 6.39. The molecule has 1 aliphatic carbocycles. The number of amides is 2. The Kier molecular flexibility index (Phi) is 5.16. The molecule has 2 aliphatic rings. The van der Waals surface area contributed by atoms with E-state index < -0.39 is 11.8 Å². The van der Waals surface area contributed by atoms with Gasteiger partial charge in [-0.2, -0.15) is 0 Å². The molecule has 23 heavy (non-hydrogen) atoms. The van der Waals surface area contributed by atoms with Gasteiger partial charge < -0.3 is 15.5 Å². The van der Waals surface area contributed by atoms with Gasteiger partial charge in [-0.25, -0.2) is 0 Å². The molecular formula is C18H25N3O2. The van der Waals surface area contributed by atoms with Gasteiger partial charge in [0.2, 0.25) is 0 Å². The highest BCUT2D eigenvalue weighted by Gasteiger charge is 2.20. The molecule has 1 heterocycles. The van der Waals surface area contributed by atoms with Gasteiger partial charge in [0.05, 0.1) is 0 Å². The molecule has 0 bridgehead atoms. The smallest absolute Gasteiger partial charge is 0.313 e. The highest BCUT2D eigenvalue weighted by Crippen LogP contribution is 2.23. The molecule has 0 unspecified atom stereocenters. The zero-order valence-corrected chi connectivity index (χ0v) is 13.5. The summed E-state index contributed by atoms with van der Waals surface area (Å²) in [6, 6.07) is 7.88. The number of nitrogens with one attached hydrogen (secondary N) is 2. The molecule has 2 amide bonds. The van der Waals surface area contributed by atoms with Crippen molar-refractivity contribution in [2.75, 3.05) is 23.3 Å². The molecule has 0 spiro atoms. The van der Waals surface area contributed by atoms with E-state index in [2.05, 4.69) is 15.5 Å². The largest absolute Gasteiger partial charge is 0.371 e. The second-order valence-corrected chi connectivity index (χ2v) is 6.51. The molecule has 1 aromatic rings. The van der Waals surface area contributed by atoms with E-state index in [1.54, 1.807) is 0 Å². The monoisotopic (exact) mass is 315 g/mol. The highest BCUT2D eigenvalue weighted by atomic mass is 16.2. The molecule has 0 aromatic heterocycles. The van der Waals surface area contributed by atoms with E-state index in [4.69, 9.17) is 0 Å². The topological polar surface area (TPSA) is 61.4 Å². The lowest BCUT2D eigenvalue weighted by Gasteiger charge is -2.22. The van der Waals surface area contributed by atoms with Crippen molar-refractivity contribution >= 4 is 23.2 Å². The Morgan fingerprint density at radius 1 is 0.957 bits per heavy atom. The van der Waals surface area contributed by atoms with Gasteiger partial charge in [0.25, 0.3) is 0 Å². The summed E-state index contributed by atoms with van der Waals surface area (Å²) >= 11 is 0. The van der Waals surface area contributed by atoms with Crippen LogP contribution in [-0.4, -0.2) is 30.9 Å². The van der Waals surface area contributed by atoms with Gasteiger partial charge >= 0.3 is 11.8 Å². The van der Waals surface area contributed by atoms with E-state index in [9.17, 15) is 9.59 Å². The number of benzene rings is 1. The lowest BCUT2D eigenvalue weighted by Crippen LogP contribution is -2.42. The fourth-order valence-electron chi connectivity index (χ4n) is 3.44. The van der Waals surface area contributed by atoms with Gasteiger partial charge in [-0.05, 0) is 43.9 Å². The molecule has 0 atom stereocenters. The number of hydrogen-bond acceptors (Lipinski definition) is 3. The molecule has 124 valence electrons. The lowest BCUT2D eigenvalue weighted by molar-refractivity contribution is -0.136. The SMILES string of the molecule is O=C(Nc1cccc(N2CCCC2)c1)C(=O)NC1CCCCC1. The third kappa shape index (κ3) is 4.24. The van der Waals surface area contributed by atoms with Crippen molar-refractivity contribution in [3.63, 3.8) is 0 Å². The predicted octanol–water partition coefficient (Wildman–Crippen LogP) is 2.67. The van der Waals surface area contributed by atoms with E-state index in [0.717, 1.165) is 44.5 Å². The van der Waals surface area contributed by atoms with E-state index in [0.29, 0.717) is 5.69 Å². The molecule has 2 fully saturated rings. The van der Waals surface area contributed by atoms with Gasteiger partial charge in [0.15, 0.2) is 0 Å². The van der Waals surface area contributed by atoms with Gasteiger partial charge in [-0.15, -0.1) is 0 Å². The van der Waals surface area contributed by atoms with Crippen LogP contribution in [0.4, 0.5) is 11.4 Å². The molecule has 5 heteroatoms. The van der Waals surface area contributed by atoms with Crippen molar-refractivity contribution in [3.8, 4) is 0 Å². The number of anilines is 2. The van der Waals surface area contributed by atoms with Crippen molar-refractivity contribution < 1.29 is 9.59 Å². The number of hydrogen-bond donors (Lipinski definition) is 2. The summed E-state index contributed by atoms with van der Waals surface area (Å²) in [4.78, 5) is 26.4. The van der Waals surface area contributed by atoms with Crippen molar-refractivity contribution in [2.45, 2.75) is 51.0 Å². The number of carbonyl (C=O) groups excluding carboxylic acids is 2. The maximum atomic E-state index is 12.1. The average molecular weight is 315 g/mol. The van der Waals surface area contributed by atoms with E-state index in [1.165, 1.54) is 19.3 Å². The van der Waals surface area contributed by atoms with Crippen LogP contribution >= 0.6 is 0 Å². The maximum Gasteiger partial charge on any atom is 0.313 e.